The van der Waals surface area contributed by atoms with Gasteiger partial charge in [-0.25, -0.2) is 9.97 Å². The standard InChI is InChI=1S/C16H15N5O2S2/c1-9-13(11-8-24-15(17)20-11)25-16(19-9)21-12(22)7-18-14(23)10-5-3-2-4-6-10/h2-6,8H,7H2,1H3,(H2,17,20)(H,18,23)(H,19,21,22). The van der Waals surface area contributed by atoms with Gasteiger partial charge in [0.25, 0.3) is 5.91 Å². The third-order valence-electron chi connectivity index (χ3n) is 3.24. The summed E-state index contributed by atoms with van der Waals surface area (Å²) in [7, 11) is 0. The average Bonchev–Trinajstić information content (AvgIpc) is 3.19. The number of nitrogens with zero attached hydrogens (tertiary/aromatic N) is 2. The van der Waals surface area contributed by atoms with Gasteiger partial charge >= 0.3 is 0 Å². The van der Waals surface area contributed by atoms with E-state index < -0.39 is 0 Å². The molecule has 0 spiro atoms. The summed E-state index contributed by atoms with van der Waals surface area (Å²) in [6, 6.07) is 8.72. The van der Waals surface area contributed by atoms with Crippen LogP contribution in [0.5, 0.6) is 0 Å². The van der Waals surface area contributed by atoms with Gasteiger partial charge in [0.1, 0.15) is 0 Å². The molecule has 2 heterocycles. The molecule has 0 aliphatic heterocycles. The molecular formula is C16H15N5O2S2. The summed E-state index contributed by atoms with van der Waals surface area (Å²) in [6.07, 6.45) is 0. The molecule has 9 heteroatoms. The van der Waals surface area contributed by atoms with Crippen molar-refractivity contribution in [1.82, 2.24) is 15.3 Å². The van der Waals surface area contributed by atoms with Gasteiger partial charge in [0, 0.05) is 10.9 Å². The number of nitrogens with one attached hydrogen (secondary N) is 2. The number of hydrogen-bond donors (Lipinski definition) is 3. The van der Waals surface area contributed by atoms with Gasteiger partial charge in [0.15, 0.2) is 10.3 Å². The number of aromatic nitrogens is 2. The molecule has 0 atom stereocenters. The van der Waals surface area contributed by atoms with Crippen LogP contribution in [-0.2, 0) is 4.79 Å². The van der Waals surface area contributed by atoms with Crippen molar-refractivity contribution in [2.24, 2.45) is 0 Å². The van der Waals surface area contributed by atoms with Crippen LogP contribution in [0.3, 0.4) is 0 Å². The number of thiazole rings is 2. The van der Waals surface area contributed by atoms with Gasteiger partial charge < -0.3 is 16.4 Å². The summed E-state index contributed by atoms with van der Waals surface area (Å²) in [5, 5.41) is 8.05. The van der Waals surface area contributed by atoms with Gasteiger partial charge in [0.2, 0.25) is 5.91 Å². The van der Waals surface area contributed by atoms with E-state index >= 15 is 0 Å². The van der Waals surface area contributed by atoms with Crippen LogP contribution in [0.1, 0.15) is 16.1 Å². The number of benzene rings is 1. The number of rotatable bonds is 5. The Labute approximate surface area is 151 Å². The minimum absolute atomic E-state index is 0.134. The first-order chi connectivity index (χ1) is 12.0. The molecule has 2 amide bonds. The average molecular weight is 373 g/mol. The molecule has 3 aromatic rings. The van der Waals surface area contributed by atoms with Crippen LogP contribution in [0.15, 0.2) is 35.7 Å². The lowest BCUT2D eigenvalue weighted by Crippen LogP contribution is -2.32. The van der Waals surface area contributed by atoms with E-state index in [1.165, 1.54) is 22.7 Å². The van der Waals surface area contributed by atoms with Gasteiger partial charge in [-0.05, 0) is 19.1 Å². The van der Waals surface area contributed by atoms with Gasteiger partial charge in [0.05, 0.1) is 22.8 Å². The fourth-order valence-electron chi connectivity index (χ4n) is 2.10. The monoisotopic (exact) mass is 373 g/mol. The zero-order valence-electron chi connectivity index (χ0n) is 13.3. The van der Waals surface area contributed by atoms with Crippen molar-refractivity contribution >= 4 is 44.8 Å². The smallest absolute Gasteiger partial charge is 0.251 e. The molecule has 0 aliphatic rings. The van der Waals surface area contributed by atoms with Crippen molar-refractivity contribution in [3.8, 4) is 10.6 Å². The second-order valence-corrected chi connectivity index (χ2v) is 6.99. The molecule has 4 N–H and O–H groups in total. The second-order valence-electron chi connectivity index (χ2n) is 5.10. The predicted octanol–water partition coefficient (Wildman–Crippen LogP) is 2.53. The first kappa shape index (κ1) is 17.1. The fraction of sp³-hybridized carbons (Fsp3) is 0.125. The Balaban J connectivity index is 1.59. The van der Waals surface area contributed by atoms with Crippen molar-refractivity contribution in [2.75, 3.05) is 17.6 Å². The fourth-order valence-corrected chi connectivity index (χ4v) is 3.67. The molecule has 0 radical (unpaired) electrons. The number of carbonyl (C=O) groups excluding carboxylic acids is 2. The highest BCUT2D eigenvalue weighted by Gasteiger charge is 2.15. The molecule has 25 heavy (non-hydrogen) atoms. The summed E-state index contributed by atoms with van der Waals surface area (Å²) >= 11 is 2.67. The topological polar surface area (TPSA) is 110 Å². The molecule has 1 aromatic carbocycles. The van der Waals surface area contributed by atoms with E-state index in [0.29, 0.717) is 15.8 Å². The first-order valence-corrected chi connectivity index (χ1v) is 9.04. The zero-order chi connectivity index (χ0) is 17.8. The molecular weight excluding hydrogens is 358 g/mol. The molecule has 0 fully saturated rings. The Morgan fingerprint density at radius 2 is 1.96 bits per heavy atom. The quantitative estimate of drug-likeness (QED) is 0.636. The van der Waals surface area contributed by atoms with Crippen LogP contribution in [0, 0.1) is 6.92 Å². The number of aryl methyl sites for hydroxylation is 1. The summed E-state index contributed by atoms with van der Waals surface area (Å²) in [5.74, 6) is -0.646. The molecule has 2 aromatic heterocycles. The molecule has 128 valence electrons. The van der Waals surface area contributed by atoms with Gasteiger partial charge in [-0.1, -0.05) is 29.5 Å². The number of carbonyl (C=O) groups is 2. The molecule has 0 bridgehead atoms. The first-order valence-electron chi connectivity index (χ1n) is 7.35. The highest BCUT2D eigenvalue weighted by molar-refractivity contribution is 7.19. The molecule has 7 nitrogen and oxygen atoms in total. The minimum Gasteiger partial charge on any atom is -0.375 e. The van der Waals surface area contributed by atoms with Crippen molar-refractivity contribution in [1.29, 1.82) is 0 Å². The predicted molar refractivity (Wildman–Crippen MR) is 99.8 cm³/mol. The Morgan fingerprint density at radius 1 is 1.20 bits per heavy atom. The number of nitrogens with two attached hydrogens (primary N) is 1. The maximum Gasteiger partial charge on any atom is 0.251 e. The van der Waals surface area contributed by atoms with Crippen LogP contribution in [0.25, 0.3) is 10.6 Å². The van der Waals surface area contributed by atoms with Gasteiger partial charge in [-0.15, -0.1) is 11.3 Å². The maximum absolute atomic E-state index is 12.0. The molecule has 0 saturated heterocycles. The second kappa shape index (κ2) is 7.41. The summed E-state index contributed by atoms with van der Waals surface area (Å²) in [6.45, 7) is 1.71. The van der Waals surface area contributed by atoms with Crippen molar-refractivity contribution < 1.29 is 9.59 Å². The number of anilines is 2. The minimum atomic E-state index is -0.345. The lowest BCUT2D eigenvalue weighted by Gasteiger charge is -2.04. The van der Waals surface area contributed by atoms with Crippen LogP contribution >= 0.6 is 22.7 Å². The van der Waals surface area contributed by atoms with Gasteiger partial charge in [-0.3, -0.25) is 9.59 Å². The Hall–Kier alpha value is -2.78. The van der Waals surface area contributed by atoms with Crippen LogP contribution < -0.4 is 16.4 Å². The van der Waals surface area contributed by atoms with E-state index in [1.807, 2.05) is 18.4 Å². The lowest BCUT2D eigenvalue weighted by atomic mass is 10.2. The molecule has 0 aliphatic carbocycles. The van der Waals surface area contributed by atoms with E-state index in [2.05, 4.69) is 20.6 Å². The molecule has 3 rings (SSSR count). The normalized spacial score (nSPS) is 10.4. The Bertz CT molecular complexity index is 904. The third kappa shape index (κ3) is 4.20. The Kier molecular flexibility index (Phi) is 5.05. The lowest BCUT2D eigenvalue weighted by molar-refractivity contribution is -0.115. The molecule has 0 saturated carbocycles. The summed E-state index contributed by atoms with van der Waals surface area (Å²) in [4.78, 5) is 33.3. The van der Waals surface area contributed by atoms with E-state index in [9.17, 15) is 9.59 Å². The van der Waals surface area contributed by atoms with Gasteiger partial charge in [-0.2, -0.15) is 0 Å². The number of nitrogen functional groups attached to an aromatic ring is 1. The number of amides is 2. The SMILES string of the molecule is Cc1nc(NC(=O)CNC(=O)c2ccccc2)sc1-c1csc(N)n1. The zero-order valence-corrected chi connectivity index (χ0v) is 14.9. The highest BCUT2D eigenvalue weighted by Crippen LogP contribution is 2.33. The third-order valence-corrected chi connectivity index (χ3v) is 5.01. The van der Waals surface area contributed by atoms with E-state index in [-0.39, 0.29) is 18.4 Å². The summed E-state index contributed by atoms with van der Waals surface area (Å²) in [5.41, 5.74) is 7.66. The van der Waals surface area contributed by atoms with Crippen LogP contribution in [0.4, 0.5) is 10.3 Å². The van der Waals surface area contributed by atoms with Crippen LogP contribution in [0.2, 0.25) is 0 Å². The van der Waals surface area contributed by atoms with E-state index in [1.54, 1.807) is 24.3 Å². The van der Waals surface area contributed by atoms with E-state index in [4.69, 9.17) is 5.73 Å². The van der Waals surface area contributed by atoms with Crippen molar-refractivity contribution in [2.45, 2.75) is 6.92 Å². The highest BCUT2D eigenvalue weighted by atomic mass is 32.1. The van der Waals surface area contributed by atoms with E-state index in [0.717, 1.165) is 16.3 Å². The van der Waals surface area contributed by atoms with Crippen molar-refractivity contribution in [3.05, 3.63) is 47.0 Å². The van der Waals surface area contributed by atoms with Crippen molar-refractivity contribution in [3.63, 3.8) is 0 Å². The van der Waals surface area contributed by atoms with Crippen LogP contribution in [-0.4, -0.2) is 28.3 Å². The molecule has 0 unspecified atom stereocenters. The number of hydrogen-bond acceptors (Lipinski definition) is 7. The summed E-state index contributed by atoms with van der Waals surface area (Å²) < 4.78 is 0. The largest absolute Gasteiger partial charge is 0.375 e. The Morgan fingerprint density at radius 3 is 2.64 bits per heavy atom. The maximum atomic E-state index is 12.0.